The van der Waals surface area contributed by atoms with Crippen LogP contribution in [-0.4, -0.2) is 4.98 Å². The average Bonchev–Trinajstić information content (AvgIpc) is 2.84. The first-order valence-corrected chi connectivity index (χ1v) is 11.0. The molecule has 31 heavy (non-hydrogen) atoms. The van der Waals surface area contributed by atoms with E-state index in [2.05, 4.69) is 47.5 Å². The lowest BCUT2D eigenvalue weighted by atomic mass is 9.79. The largest absolute Gasteiger partial charge is 0.255 e. The summed E-state index contributed by atoms with van der Waals surface area (Å²) in [5.41, 5.74) is 7.54. The third kappa shape index (κ3) is 3.74. The molecule has 3 aromatic carbocycles. The highest BCUT2D eigenvalue weighted by atomic mass is 35.5. The summed E-state index contributed by atoms with van der Waals surface area (Å²) in [6.45, 7) is 0. The maximum absolute atomic E-state index is 8.61. The SMILES string of the molecule is Clc1cccc2c3c(ccc12)C1=C(CCC=C1)CC3.N#Cc1cnc2ccccc2c1. The second-order valence-electron chi connectivity index (χ2n) is 7.91. The van der Waals surface area contributed by atoms with Gasteiger partial charge in [0, 0.05) is 22.0 Å². The van der Waals surface area contributed by atoms with Crippen molar-refractivity contribution in [2.45, 2.75) is 25.7 Å². The number of para-hydroxylation sites is 1. The van der Waals surface area contributed by atoms with E-state index in [9.17, 15) is 0 Å². The lowest BCUT2D eigenvalue weighted by Crippen LogP contribution is -2.07. The number of aromatic nitrogens is 1. The van der Waals surface area contributed by atoms with E-state index in [1.165, 1.54) is 46.7 Å². The molecule has 0 bridgehead atoms. The number of fused-ring (bicyclic) bond motifs is 5. The van der Waals surface area contributed by atoms with Crippen LogP contribution in [0.25, 0.3) is 27.2 Å². The number of rotatable bonds is 0. The van der Waals surface area contributed by atoms with E-state index in [1.807, 2.05) is 36.4 Å². The summed E-state index contributed by atoms with van der Waals surface area (Å²) in [7, 11) is 0. The number of halogens is 1. The summed E-state index contributed by atoms with van der Waals surface area (Å²) in [5.74, 6) is 0. The fourth-order valence-electron chi connectivity index (χ4n) is 4.56. The predicted octanol–water partition coefficient (Wildman–Crippen LogP) is 7.65. The third-order valence-corrected chi connectivity index (χ3v) is 6.41. The zero-order valence-electron chi connectivity index (χ0n) is 17.1. The number of allylic oxidation sites excluding steroid dienone is 4. The molecule has 0 radical (unpaired) electrons. The Balaban J connectivity index is 0.000000147. The number of hydrogen-bond acceptors (Lipinski definition) is 2. The Bertz CT molecular complexity index is 1410. The molecule has 1 heterocycles. The zero-order chi connectivity index (χ0) is 21.2. The van der Waals surface area contributed by atoms with Crippen molar-refractivity contribution >= 4 is 38.8 Å². The van der Waals surface area contributed by atoms with Crippen molar-refractivity contribution in [1.82, 2.24) is 4.98 Å². The van der Waals surface area contributed by atoms with Gasteiger partial charge in [0.25, 0.3) is 0 Å². The Hall–Kier alpha value is -3.41. The summed E-state index contributed by atoms with van der Waals surface area (Å²) < 4.78 is 0. The maximum atomic E-state index is 8.61. The summed E-state index contributed by atoms with van der Waals surface area (Å²) in [5, 5.41) is 13.0. The van der Waals surface area contributed by atoms with Crippen LogP contribution in [0.4, 0.5) is 0 Å². The molecular formula is C28H21ClN2. The van der Waals surface area contributed by atoms with Crippen molar-refractivity contribution < 1.29 is 0 Å². The molecular weight excluding hydrogens is 400 g/mol. The molecule has 4 aromatic rings. The highest BCUT2D eigenvalue weighted by Gasteiger charge is 2.20. The van der Waals surface area contributed by atoms with Crippen LogP contribution >= 0.6 is 11.6 Å². The first-order chi connectivity index (χ1) is 15.2. The Morgan fingerprint density at radius 1 is 0.903 bits per heavy atom. The van der Waals surface area contributed by atoms with Crippen molar-refractivity contribution in [2.75, 3.05) is 0 Å². The second kappa shape index (κ2) is 8.38. The standard InChI is InChI=1S/C18H15Cl.C10H6N2/c19-18-7-3-6-14-16-9-8-12-4-1-2-5-13(12)15(16)10-11-17(14)18;11-6-8-5-9-3-1-2-4-10(9)12-7-8/h2-3,5-7,10-11H,1,4,8-9H2;1-5,7H. The van der Waals surface area contributed by atoms with Crippen LogP contribution in [0.5, 0.6) is 0 Å². The highest BCUT2D eigenvalue weighted by Crippen LogP contribution is 2.40. The van der Waals surface area contributed by atoms with Crippen LogP contribution in [0.15, 0.2) is 84.6 Å². The van der Waals surface area contributed by atoms with Crippen LogP contribution in [0.2, 0.25) is 5.02 Å². The van der Waals surface area contributed by atoms with Crippen LogP contribution < -0.4 is 0 Å². The first kappa shape index (κ1) is 19.5. The molecule has 0 atom stereocenters. The van der Waals surface area contributed by atoms with E-state index < -0.39 is 0 Å². The fourth-order valence-corrected chi connectivity index (χ4v) is 4.80. The van der Waals surface area contributed by atoms with Crippen molar-refractivity contribution in [3.63, 3.8) is 0 Å². The van der Waals surface area contributed by atoms with Crippen molar-refractivity contribution in [1.29, 1.82) is 5.26 Å². The Kier molecular flexibility index (Phi) is 5.28. The molecule has 0 aliphatic heterocycles. The number of nitrogens with zero attached hydrogens (tertiary/aromatic N) is 2. The van der Waals surface area contributed by atoms with Crippen LogP contribution in [-0.2, 0) is 6.42 Å². The van der Waals surface area contributed by atoms with Gasteiger partial charge in [0.1, 0.15) is 6.07 Å². The molecule has 0 spiro atoms. The molecule has 2 aliphatic rings. The zero-order valence-corrected chi connectivity index (χ0v) is 17.9. The molecule has 0 saturated carbocycles. The van der Waals surface area contributed by atoms with E-state index in [4.69, 9.17) is 16.9 Å². The molecule has 0 fully saturated rings. The van der Waals surface area contributed by atoms with Gasteiger partial charge >= 0.3 is 0 Å². The number of pyridine rings is 1. The second-order valence-corrected chi connectivity index (χ2v) is 8.32. The average molecular weight is 421 g/mol. The van der Waals surface area contributed by atoms with Gasteiger partial charge < -0.3 is 0 Å². The number of hydrogen-bond donors (Lipinski definition) is 0. The lowest BCUT2D eigenvalue weighted by Gasteiger charge is -2.25. The van der Waals surface area contributed by atoms with Crippen molar-refractivity contribution in [3.8, 4) is 6.07 Å². The van der Waals surface area contributed by atoms with Crippen molar-refractivity contribution in [3.05, 3.63) is 106 Å². The van der Waals surface area contributed by atoms with E-state index in [0.717, 1.165) is 22.3 Å². The minimum absolute atomic E-state index is 0.605. The lowest BCUT2D eigenvalue weighted by molar-refractivity contribution is 0.831. The summed E-state index contributed by atoms with van der Waals surface area (Å²) in [6.07, 6.45) is 11.0. The molecule has 0 amide bonds. The Morgan fingerprint density at radius 2 is 1.81 bits per heavy atom. The van der Waals surface area contributed by atoms with Gasteiger partial charge in [-0.1, -0.05) is 71.8 Å². The van der Waals surface area contributed by atoms with E-state index in [-0.39, 0.29) is 0 Å². The molecule has 1 aromatic heterocycles. The summed E-state index contributed by atoms with van der Waals surface area (Å²) in [6, 6.07) is 22.3. The molecule has 2 nitrogen and oxygen atoms in total. The maximum Gasteiger partial charge on any atom is 0.101 e. The molecule has 0 saturated heterocycles. The number of aryl methyl sites for hydroxylation is 1. The Morgan fingerprint density at radius 3 is 2.71 bits per heavy atom. The van der Waals surface area contributed by atoms with Gasteiger partial charge in [-0.3, -0.25) is 4.98 Å². The minimum Gasteiger partial charge on any atom is -0.255 e. The van der Waals surface area contributed by atoms with E-state index in [0.29, 0.717) is 5.56 Å². The van der Waals surface area contributed by atoms with Gasteiger partial charge in [-0.2, -0.15) is 5.26 Å². The van der Waals surface area contributed by atoms with Gasteiger partial charge in [0.2, 0.25) is 0 Å². The molecule has 0 unspecified atom stereocenters. The summed E-state index contributed by atoms with van der Waals surface area (Å²) in [4.78, 5) is 4.13. The molecule has 2 aliphatic carbocycles. The molecule has 150 valence electrons. The molecule has 6 rings (SSSR count). The van der Waals surface area contributed by atoms with Crippen LogP contribution in [0.3, 0.4) is 0 Å². The normalized spacial score (nSPS) is 14.5. The van der Waals surface area contributed by atoms with Crippen LogP contribution in [0.1, 0.15) is 36.0 Å². The molecule has 3 heteroatoms. The third-order valence-electron chi connectivity index (χ3n) is 6.08. The Labute approximate surface area is 187 Å². The van der Waals surface area contributed by atoms with E-state index in [1.54, 1.807) is 11.8 Å². The van der Waals surface area contributed by atoms with Crippen molar-refractivity contribution in [2.24, 2.45) is 0 Å². The van der Waals surface area contributed by atoms with Crippen LogP contribution in [0, 0.1) is 11.3 Å². The monoisotopic (exact) mass is 420 g/mol. The van der Waals surface area contributed by atoms with Gasteiger partial charge in [0.05, 0.1) is 11.1 Å². The first-order valence-electron chi connectivity index (χ1n) is 10.6. The van der Waals surface area contributed by atoms with E-state index >= 15 is 0 Å². The summed E-state index contributed by atoms with van der Waals surface area (Å²) >= 11 is 6.31. The smallest absolute Gasteiger partial charge is 0.101 e. The van der Waals surface area contributed by atoms with Gasteiger partial charge in [-0.05, 0) is 66.0 Å². The predicted molar refractivity (Wildman–Crippen MR) is 129 cm³/mol. The highest BCUT2D eigenvalue weighted by molar-refractivity contribution is 6.35. The topological polar surface area (TPSA) is 36.7 Å². The van der Waals surface area contributed by atoms with Gasteiger partial charge in [-0.15, -0.1) is 0 Å². The quantitative estimate of drug-likeness (QED) is 0.293. The number of benzene rings is 3. The van der Waals surface area contributed by atoms with Gasteiger partial charge in [-0.25, -0.2) is 0 Å². The minimum atomic E-state index is 0.605. The fraction of sp³-hybridized carbons (Fsp3) is 0.143. The van der Waals surface area contributed by atoms with Gasteiger partial charge in [0.15, 0.2) is 0 Å². The number of nitriles is 1. The molecule has 0 N–H and O–H groups in total.